The van der Waals surface area contributed by atoms with E-state index in [2.05, 4.69) is 10.6 Å². The summed E-state index contributed by atoms with van der Waals surface area (Å²) >= 11 is 0. The van der Waals surface area contributed by atoms with Gasteiger partial charge in [0.15, 0.2) is 0 Å². The number of amides is 3. The number of carboxylic acids is 1. The zero-order valence-corrected chi connectivity index (χ0v) is 12.6. The van der Waals surface area contributed by atoms with Gasteiger partial charge in [0, 0.05) is 27.1 Å². The van der Waals surface area contributed by atoms with Crippen molar-refractivity contribution in [3.8, 4) is 0 Å². The largest absolute Gasteiger partial charge is 0.481 e. The Balaban J connectivity index is 4.27. The van der Waals surface area contributed by atoms with E-state index in [1.54, 1.807) is 0 Å². The Morgan fingerprint density at radius 2 is 1.85 bits per heavy atom. The second-order valence-electron chi connectivity index (χ2n) is 5.31. The molecule has 0 saturated heterocycles. The number of carbonyl (C=O) groups excluding carboxylic acids is 2. The number of carbonyl (C=O) groups is 3. The van der Waals surface area contributed by atoms with Gasteiger partial charge in [0.2, 0.25) is 5.91 Å². The molecule has 0 bridgehead atoms. The number of carboxylic acid groups (broad SMARTS) is 1. The van der Waals surface area contributed by atoms with E-state index < -0.39 is 5.97 Å². The van der Waals surface area contributed by atoms with Gasteiger partial charge < -0.3 is 20.6 Å². The molecule has 7 heteroatoms. The van der Waals surface area contributed by atoms with Crippen LogP contribution in [0.15, 0.2) is 0 Å². The van der Waals surface area contributed by atoms with Crippen LogP contribution in [-0.2, 0) is 9.59 Å². The zero-order valence-electron chi connectivity index (χ0n) is 12.6. The highest BCUT2D eigenvalue weighted by atomic mass is 16.4. The Morgan fingerprint density at radius 1 is 1.25 bits per heavy atom. The van der Waals surface area contributed by atoms with Crippen LogP contribution in [0.25, 0.3) is 0 Å². The fourth-order valence-corrected chi connectivity index (χ4v) is 1.89. The van der Waals surface area contributed by atoms with E-state index in [-0.39, 0.29) is 30.8 Å². The third-order valence-electron chi connectivity index (χ3n) is 2.82. The molecule has 20 heavy (non-hydrogen) atoms. The van der Waals surface area contributed by atoms with Crippen LogP contribution in [0.3, 0.4) is 0 Å². The van der Waals surface area contributed by atoms with Crippen LogP contribution in [0.4, 0.5) is 4.79 Å². The van der Waals surface area contributed by atoms with Gasteiger partial charge in [-0.2, -0.15) is 0 Å². The minimum atomic E-state index is -0.872. The summed E-state index contributed by atoms with van der Waals surface area (Å²) in [4.78, 5) is 34.9. The molecule has 0 unspecified atom stereocenters. The third kappa shape index (κ3) is 8.34. The lowest BCUT2D eigenvalue weighted by Gasteiger charge is -2.21. The summed E-state index contributed by atoms with van der Waals surface area (Å²) in [5.74, 6) is -0.875. The molecule has 3 amide bonds. The van der Waals surface area contributed by atoms with Gasteiger partial charge >= 0.3 is 12.0 Å². The maximum atomic E-state index is 11.8. The van der Waals surface area contributed by atoms with Gasteiger partial charge in [0.05, 0.1) is 0 Å². The number of hydrogen-bond donors (Lipinski definition) is 3. The average Bonchev–Trinajstić information content (AvgIpc) is 2.33. The van der Waals surface area contributed by atoms with Crippen molar-refractivity contribution in [2.45, 2.75) is 26.7 Å². The summed E-state index contributed by atoms with van der Waals surface area (Å²) in [6, 6.07) is -0.382. The highest BCUT2D eigenvalue weighted by molar-refractivity contribution is 5.83. The molecule has 0 aliphatic rings. The highest BCUT2D eigenvalue weighted by Crippen LogP contribution is 2.14. The number of urea groups is 1. The molecule has 0 aliphatic carbocycles. The molecule has 0 radical (unpaired) electrons. The van der Waals surface area contributed by atoms with E-state index in [1.807, 2.05) is 13.8 Å². The van der Waals surface area contributed by atoms with E-state index in [4.69, 9.17) is 5.11 Å². The van der Waals surface area contributed by atoms with Gasteiger partial charge in [0.25, 0.3) is 0 Å². The molecular formula is C13H25N3O4. The summed E-state index contributed by atoms with van der Waals surface area (Å²) < 4.78 is 0. The summed E-state index contributed by atoms with van der Waals surface area (Å²) in [5, 5.41) is 13.9. The molecule has 116 valence electrons. The maximum Gasteiger partial charge on any atom is 0.317 e. The monoisotopic (exact) mass is 287 g/mol. The SMILES string of the molecule is CNC(=O)CN(C)C(=O)NC[C@H](CC(=O)O)CC(C)C. The fraction of sp³-hybridized carbons (Fsp3) is 0.769. The Bertz CT molecular complexity index is 345. The fourth-order valence-electron chi connectivity index (χ4n) is 1.89. The van der Waals surface area contributed by atoms with E-state index in [0.717, 1.165) is 6.42 Å². The lowest BCUT2D eigenvalue weighted by atomic mass is 9.94. The lowest BCUT2D eigenvalue weighted by Crippen LogP contribution is -2.44. The average molecular weight is 287 g/mol. The van der Waals surface area contributed by atoms with Gasteiger partial charge in [0.1, 0.15) is 6.54 Å². The number of aliphatic carboxylic acids is 1. The standard InChI is InChI=1S/C13H25N3O4/c1-9(2)5-10(6-12(18)19)7-15-13(20)16(4)8-11(17)14-3/h9-10H,5-8H2,1-4H3,(H,14,17)(H,15,20)(H,18,19)/t10-/m0/s1. The summed E-state index contributed by atoms with van der Waals surface area (Å²) in [5.41, 5.74) is 0. The minimum Gasteiger partial charge on any atom is -0.481 e. The molecule has 0 spiro atoms. The predicted molar refractivity (Wildman–Crippen MR) is 75.3 cm³/mol. The number of nitrogens with zero attached hydrogens (tertiary/aromatic N) is 1. The van der Waals surface area contributed by atoms with Crippen molar-refractivity contribution in [3.05, 3.63) is 0 Å². The molecule has 0 fully saturated rings. The minimum absolute atomic E-state index is 0.0254. The van der Waals surface area contributed by atoms with Crippen LogP contribution in [0, 0.1) is 11.8 Å². The molecule has 0 aromatic rings. The van der Waals surface area contributed by atoms with Gasteiger partial charge in [-0.25, -0.2) is 4.79 Å². The summed E-state index contributed by atoms with van der Waals surface area (Å²) in [6.45, 7) is 4.28. The van der Waals surface area contributed by atoms with Gasteiger partial charge in [-0.3, -0.25) is 9.59 Å². The molecule has 0 rings (SSSR count). The quantitative estimate of drug-likeness (QED) is 0.605. The van der Waals surface area contributed by atoms with Crippen molar-refractivity contribution in [2.24, 2.45) is 11.8 Å². The first-order valence-electron chi connectivity index (χ1n) is 6.67. The van der Waals surface area contributed by atoms with Crippen molar-refractivity contribution in [2.75, 3.05) is 27.2 Å². The van der Waals surface area contributed by atoms with E-state index in [1.165, 1.54) is 19.0 Å². The molecule has 1 atom stereocenters. The molecule has 0 aromatic carbocycles. The van der Waals surface area contributed by atoms with Crippen molar-refractivity contribution < 1.29 is 19.5 Å². The van der Waals surface area contributed by atoms with E-state index in [9.17, 15) is 14.4 Å². The van der Waals surface area contributed by atoms with Crippen molar-refractivity contribution in [1.29, 1.82) is 0 Å². The van der Waals surface area contributed by atoms with Crippen molar-refractivity contribution in [1.82, 2.24) is 15.5 Å². The van der Waals surface area contributed by atoms with Crippen LogP contribution in [-0.4, -0.2) is 55.1 Å². The Labute approximate surface area is 119 Å². The van der Waals surface area contributed by atoms with Gasteiger partial charge in [-0.05, 0) is 18.3 Å². The van der Waals surface area contributed by atoms with E-state index >= 15 is 0 Å². The Kier molecular flexibility index (Phi) is 8.35. The molecule has 3 N–H and O–H groups in total. The molecule has 7 nitrogen and oxygen atoms in total. The summed E-state index contributed by atoms with van der Waals surface area (Å²) in [6.07, 6.45) is 0.753. The first-order valence-corrected chi connectivity index (χ1v) is 6.67. The van der Waals surface area contributed by atoms with Crippen molar-refractivity contribution >= 4 is 17.9 Å². The topological polar surface area (TPSA) is 98.7 Å². The van der Waals surface area contributed by atoms with Crippen LogP contribution >= 0.6 is 0 Å². The Morgan fingerprint density at radius 3 is 2.30 bits per heavy atom. The molecule has 0 saturated carbocycles. The number of likely N-dealkylation sites (N-methyl/N-ethyl adjacent to an activating group) is 2. The second kappa shape index (κ2) is 9.17. The first-order chi connectivity index (χ1) is 9.26. The lowest BCUT2D eigenvalue weighted by molar-refractivity contribution is -0.138. The normalized spacial score (nSPS) is 11.8. The van der Waals surface area contributed by atoms with Crippen LogP contribution < -0.4 is 10.6 Å². The Hall–Kier alpha value is -1.79. The molecular weight excluding hydrogens is 262 g/mol. The molecule has 0 aliphatic heterocycles. The van der Waals surface area contributed by atoms with Gasteiger partial charge in [-0.15, -0.1) is 0 Å². The van der Waals surface area contributed by atoms with E-state index in [0.29, 0.717) is 12.5 Å². The second-order valence-corrected chi connectivity index (χ2v) is 5.31. The van der Waals surface area contributed by atoms with Crippen molar-refractivity contribution in [3.63, 3.8) is 0 Å². The predicted octanol–water partition coefficient (Wildman–Crippen LogP) is 0.511. The highest BCUT2D eigenvalue weighted by Gasteiger charge is 2.18. The van der Waals surface area contributed by atoms with Crippen LogP contribution in [0.2, 0.25) is 0 Å². The zero-order chi connectivity index (χ0) is 15.7. The summed E-state index contributed by atoms with van der Waals surface area (Å²) in [7, 11) is 3.01. The number of hydrogen-bond acceptors (Lipinski definition) is 3. The van der Waals surface area contributed by atoms with Crippen LogP contribution in [0.1, 0.15) is 26.7 Å². The third-order valence-corrected chi connectivity index (χ3v) is 2.82. The van der Waals surface area contributed by atoms with Gasteiger partial charge in [-0.1, -0.05) is 13.8 Å². The molecule has 0 aromatic heterocycles. The molecule has 0 heterocycles. The van der Waals surface area contributed by atoms with Crippen LogP contribution in [0.5, 0.6) is 0 Å². The smallest absolute Gasteiger partial charge is 0.317 e. The maximum absolute atomic E-state index is 11.8. The number of nitrogens with one attached hydrogen (secondary N) is 2. The number of rotatable bonds is 8. The first kappa shape index (κ1) is 18.2.